The molecular weight excluding hydrogens is 471 g/mol. The van der Waals surface area contributed by atoms with Crippen LogP contribution in [-0.2, 0) is 0 Å². The fraction of sp³-hybridized carbons (Fsp3) is 0.179. The summed E-state index contributed by atoms with van der Waals surface area (Å²) in [6, 6.07) is 9.37. The zero-order chi connectivity index (χ0) is 25.4. The number of likely N-dealkylation sites (N-methyl/N-ethyl adjacent to an activating group) is 1. The lowest BCUT2D eigenvalue weighted by Gasteiger charge is -2.12. The molecule has 0 fully saturated rings. The van der Waals surface area contributed by atoms with Gasteiger partial charge < -0.3 is 9.88 Å². The first-order valence-corrected chi connectivity index (χ1v) is 12.4. The number of aryl methyl sites for hydroxylation is 1. The number of benzene rings is 1. The van der Waals surface area contributed by atoms with Crippen LogP contribution >= 0.6 is 11.3 Å². The molecule has 0 aliphatic rings. The normalized spacial score (nSPS) is 12.8. The van der Waals surface area contributed by atoms with Crippen LogP contribution in [0.1, 0.15) is 17.4 Å². The first kappa shape index (κ1) is 23.8. The number of pyridine rings is 1. The van der Waals surface area contributed by atoms with E-state index in [9.17, 15) is 0 Å². The Bertz CT molecular complexity index is 1650. The van der Waals surface area contributed by atoms with E-state index in [4.69, 9.17) is 4.98 Å². The van der Waals surface area contributed by atoms with Gasteiger partial charge in [0.2, 0.25) is 0 Å². The van der Waals surface area contributed by atoms with E-state index in [1.165, 1.54) is 10.9 Å². The summed E-state index contributed by atoms with van der Waals surface area (Å²) in [6.45, 7) is 8.60. The number of rotatable bonds is 7. The number of halogens is 1. The third-order valence-corrected chi connectivity index (χ3v) is 6.98. The molecule has 182 valence electrons. The topological polar surface area (TPSA) is 73.5 Å². The number of hydrogen-bond acceptors (Lipinski definition) is 5. The third-order valence-electron chi connectivity index (χ3n) is 5.97. The molecule has 0 unspecified atom stereocenters. The van der Waals surface area contributed by atoms with Gasteiger partial charge in [0.15, 0.2) is 5.82 Å². The van der Waals surface area contributed by atoms with Crippen molar-refractivity contribution in [1.29, 1.82) is 0 Å². The molecule has 4 heterocycles. The van der Waals surface area contributed by atoms with E-state index in [2.05, 4.69) is 50.7 Å². The molecule has 4 aromatic heterocycles. The smallest absolute Gasteiger partial charge is 0.159 e. The number of nitrogens with one attached hydrogen (secondary N) is 2. The van der Waals surface area contributed by atoms with Gasteiger partial charge in [-0.3, -0.25) is 10.1 Å². The molecule has 1 aromatic carbocycles. The number of allylic oxidation sites excluding steroid dienone is 3. The molecule has 0 amide bonds. The summed E-state index contributed by atoms with van der Waals surface area (Å²) in [5.74, 6) is 0.285. The Kier molecular flexibility index (Phi) is 6.38. The zero-order valence-corrected chi connectivity index (χ0v) is 21.5. The molecule has 0 aliphatic heterocycles. The summed E-state index contributed by atoms with van der Waals surface area (Å²) >= 11 is 1.68. The van der Waals surface area contributed by atoms with Crippen molar-refractivity contribution < 1.29 is 4.39 Å². The SMILES string of the molecule is C=C/C(=C\C(=C/C)c1cc2c(-c3nc4c(-c5ccc(C)s5)nccc4[nH]3)n[nH]c2cc1F)CN(C)C. The number of aromatic amines is 2. The summed E-state index contributed by atoms with van der Waals surface area (Å²) in [6.07, 6.45) is 7.46. The van der Waals surface area contributed by atoms with Crippen molar-refractivity contribution in [3.05, 3.63) is 83.2 Å². The predicted octanol–water partition coefficient (Wildman–Crippen LogP) is 6.75. The number of H-pyrrole nitrogens is 2. The highest BCUT2D eigenvalue weighted by Crippen LogP contribution is 2.34. The van der Waals surface area contributed by atoms with Gasteiger partial charge in [0, 0.05) is 34.6 Å². The molecule has 6 nitrogen and oxygen atoms in total. The maximum Gasteiger partial charge on any atom is 0.159 e. The van der Waals surface area contributed by atoms with Crippen molar-refractivity contribution in [3.8, 4) is 22.1 Å². The summed E-state index contributed by atoms with van der Waals surface area (Å²) in [4.78, 5) is 17.2. The fourth-order valence-corrected chi connectivity index (χ4v) is 5.15. The summed E-state index contributed by atoms with van der Waals surface area (Å²) < 4.78 is 15.2. The van der Waals surface area contributed by atoms with Crippen LogP contribution in [0, 0.1) is 12.7 Å². The Morgan fingerprint density at radius 1 is 1.17 bits per heavy atom. The Labute approximate surface area is 212 Å². The molecule has 0 atom stereocenters. The van der Waals surface area contributed by atoms with Crippen LogP contribution in [0.4, 0.5) is 4.39 Å². The van der Waals surface area contributed by atoms with Crippen molar-refractivity contribution in [2.24, 2.45) is 0 Å². The van der Waals surface area contributed by atoms with Crippen LogP contribution in [0.25, 0.3) is 49.6 Å². The Balaban J connectivity index is 1.62. The first-order valence-electron chi connectivity index (χ1n) is 11.6. The Morgan fingerprint density at radius 2 is 2.00 bits per heavy atom. The monoisotopic (exact) mass is 498 g/mol. The van der Waals surface area contributed by atoms with Crippen LogP contribution < -0.4 is 0 Å². The average Bonchev–Trinajstić information content (AvgIpc) is 3.58. The molecule has 5 aromatic rings. The number of imidazole rings is 1. The van der Waals surface area contributed by atoms with Gasteiger partial charge in [0.05, 0.1) is 15.9 Å². The highest BCUT2D eigenvalue weighted by Gasteiger charge is 2.19. The molecule has 2 N–H and O–H groups in total. The Hall–Kier alpha value is -3.88. The van der Waals surface area contributed by atoms with Crippen molar-refractivity contribution in [2.75, 3.05) is 20.6 Å². The van der Waals surface area contributed by atoms with Crippen molar-refractivity contribution >= 4 is 38.8 Å². The lowest BCUT2D eigenvalue weighted by atomic mass is 9.99. The van der Waals surface area contributed by atoms with Crippen molar-refractivity contribution in [1.82, 2.24) is 30.0 Å². The molecule has 0 spiro atoms. The predicted molar refractivity (Wildman–Crippen MR) is 147 cm³/mol. The van der Waals surface area contributed by atoms with E-state index in [1.54, 1.807) is 23.6 Å². The van der Waals surface area contributed by atoms with Gasteiger partial charge in [0.1, 0.15) is 22.7 Å². The lowest BCUT2D eigenvalue weighted by molar-refractivity contribution is 0.449. The van der Waals surface area contributed by atoms with Gasteiger partial charge in [-0.1, -0.05) is 24.8 Å². The van der Waals surface area contributed by atoms with E-state index in [0.717, 1.165) is 38.1 Å². The summed E-state index contributed by atoms with van der Waals surface area (Å²) in [5.41, 5.74) is 6.00. The second-order valence-corrected chi connectivity index (χ2v) is 10.2. The van der Waals surface area contributed by atoms with E-state index in [-0.39, 0.29) is 5.82 Å². The highest BCUT2D eigenvalue weighted by molar-refractivity contribution is 7.15. The van der Waals surface area contributed by atoms with Gasteiger partial charge >= 0.3 is 0 Å². The average molecular weight is 499 g/mol. The molecule has 5 rings (SSSR count). The minimum absolute atomic E-state index is 0.320. The van der Waals surface area contributed by atoms with Crippen LogP contribution in [0.5, 0.6) is 0 Å². The minimum atomic E-state index is -0.320. The van der Waals surface area contributed by atoms with E-state index in [1.807, 2.05) is 45.3 Å². The van der Waals surface area contributed by atoms with E-state index >= 15 is 4.39 Å². The molecular formula is C28H27FN6S. The molecule has 0 aliphatic carbocycles. The maximum atomic E-state index is 15.2. The van der Waals surface area contributed by atoms with Gasteiger partial charge in [0.25, 0.3) is 0 Å². The van der Waals surface area contributed by atoms with Crippen LogP contribution in [0.2, 0.25) is 0 Å². The van der Waals surface area contributed by atoms with E-state index < -0.39 is 0 Å². The number of thiophene rings is 1. The van der Waals surface area contributed by atoms with Gasteiger partial charge in [-0.05, 0) is 63.4 Å². The standard InChI is InChI=1S/C28H27FN6S/c1-6-17(15-35(4)5)12-18(7-2)19-13-20-23(14-21(19)29)33-34-25(20)28-31-22-10-11-30-27(26(22)32-28)24-9-8-16(3)36-24/h6-14H,1,15H2,2-5H3,(H,31,32)(H,33,34)/b17-12+,18-7+. The van der Waals surface area contributed by atoms with Crippen molar-refractivity contribution in [3.63, 3.8) is 0 Å². The first-order chi connectivity index (χ1) is 17.4. The van der Waals surface area contributed by atoms with Gasteiger partial charge in [-0.25, -0.2) is 9.37 Å². The van der Waals surface area contributed by atoms with Crippen LogP contribution in [0.3, 0.4) is 0 Å². The zero-order valence-electron chi connectivity index (χ0n) is 20.7. The molecule has 8 heteroatoms. The Morgan fingerprint density at radius 3 is 2.69 bits per heavy atom. The third kappa shape index (κ3) is 4.41. The second kappa shape index (κ2) is 9.64. The fourth-order valence-electron chi connectivity index (χ4n) is 4.28. The lowest BCUT2D eigenvalue weighted by Crippen LogP contribution is -2.14. The summed E-state index contributed by atoms with van der Waals surface area (Å²) in [7, 11) is 3.98. The van der Waals surface area contributed by atoms with Gasteiger partial charge in [-0.15, -0.1) is 11.3 Å². The number of aromatic nitrogens is 5. The summed E-state index contributed by atoms with van der Waals surface area (Å²) in [5, 5.41) is 8.24. The molecule has 0 saturated carbocycles. The van der Waals surface area contributed by atoms with Crippen LogP contribution in [-0.4, -0.2) is 50.7 Å². The number of nitrogens with zero attached hydrogens (tertiary/aromatic N) is 4. The second-order valence-electron chi connectivity index (χ2n) is 8.91. The number of fused-ring (bicyclic) bond motifs is 2. The van der Waals surface area contributed by atoms with Crippen LogP contribution in [0.15, 0.2) is 66.9 Å². The van der Waals surface area contributed by atoms with E-state index in [0.29, 0.717) is 29.1 Å². The molecule has 36 heavy (non-hydrogen) atoms. The van der Waals surface area contributed by atoms with Crippen molar-refractivity contribution in [2.45, 2.75) is 13.8 Å². The molecule has 0 bridgehead atoms. The minimum Gasteiger partial charge on any atom is -0.336 e. The highest BCUT2D eigenvalue weighted by atomic mass is 32.1. The largest absolute Gasteiger partial charge is 0.336 e. The maximum absolute atomic E-state index is 15.2. The van der Waals surface area contributed by atoms with Gasteiger partial charge in [-0.2, -0.15) is 5.10 Å². The molecule has 0 saturated heterocycles. The quantitative estimate of drug-likeness (QED) is 0.243. The number of hydrogen-bond donors (Lipinski definition) is 2. The molecule has 0 radical (unpaired) electrons.